The number of nitrogens with zero attached hydrogens (tertiary/aromatic N) is 4. The molecule has 0 aliphatic carbocycles. The van der Waals surface area contributed by atoms with Crippen LogP contribution in [0.2, 0.25) is 12.6 Å². The Balaban J connectivity index is 1.51. The lowest BCUT2D eigenvalue weighted by Gasteiger charge is -2.21. The predicted octanol–water partition coefficient (Wildman–Crippen LogP) is 4.40. The van der Waals surface area contributed by atoms with Crippen molar-refractivity contribution in [2.45, 2.75) is 31.4 Å². The van der Waals surface area contributed by atoms with Gasteiger partial charge < -0.3 is 5.73 Å². The number of hydrogen-bond acceptors (Lipinski definition) is 5. The van der Waals surface area contributed by atoms with Crippen molar-refractivity contribution in [2.24, 2.45) is 12.0 Å². The maximum absolute atomic E-state index is 9.05. The molecule has 1 aromatic carbocycles. The van der Waals surface area contributed by atoms with Crippen LogP contribution in [0, 0.1) is 11.2 Å². The van der Waals surface area contributed by atoms with Crippen LogP contribution in [0.25, 0.3) is 10.9 Å². The number of nitrogens with two attached hydrogens (primary N) is 1. The van der Waals surface area contributed by atoms with Gasteiger partial charge in [-0.2, -0.15) is 5.10 Å². The van der Waals surface area contributed by atoms with Gasteiger partial charge in [0.15, 0.2) is 0 Å². The van der Waals surface area contributed by atoms with E-state index >= 15 is 0 Å². The number of benzene rings is 1. The molecule has 0 saturated carbocycles. The molecule has 1 aliphatic heterocycles. The Bertz CT molecular complexity index is 1000. The van der Waals surface area contributed by atoms with E-state index in [2.05, 4.69) is 22.1 Å². The largest absolute Gasteiger partial charge is 0.398 e. The molecule has 26 heavy (non-hydrogen) atoms. The van der Waals surface area contributed by atoms with Gasteiger partial charge in [0.05, 0.1) is 21.8 Å². The average Bonchev–Trinajstić information content (AvgIpc) is 3.21. The summed E-state index contributed by atoms with van der Waals surface area (Å²) < 4.78 is 1.81. The highest BCUT2D eigenvalue weighted by Gasteiger charge is 2.26. The summed E-state index contributed by atoms with van der Waals surface area (Å²) in [6, 6.07) is 8.08. The van der Waals surface area contributed by atoms with Crippen LogP contribution in [0.5, 0.6) is 0 Å². The second-order valence-corrected chi connectivity index (χ2v) is 8.07. The third-order valence-electron chi connectivity index (χ3n) is 5.06. The van der Waals surface area contributed by atoms with E-state index in [1.807, 2.05) is 42.3 Å². The number of fused-ring (bicyclic) bond motifs is 1. The molecule has 0 spiro atoms. The molecule has 1 saturated heterocycles. The van der Waals surface area contributed by atoms with E-state index in [1.165, 1.54) is 4.88 Å². The van der Waals surface area contributed by atoms with Crippen LogP contribution >= 0.6 is 11.3 Å². The van der Waals surface area contributed by atoms with Crippen LogP contribution < -0.4 is 5.73 Å². The highest BCUT2D eigenvalue weighted by molar-refractivity contribution is 7.14. The first-order valence-corrected chi connectivity index (χ1v) is 9.70. The topological polar surface area (TPSA) is 80.0 Å². The second-order valence-electron chi connectivity index (χ2n) is 6.95. The van der Waals surface area contributed by atoms with E-state index in [-0.39, 0.29) is 6.71 Å². The maximum Gasteiger partial charge on any atom is 0.267 e. The van der Waals surface area contributed by atoms with Crippen molar-refractivity contribution in [3.05, 3.63) is 40.2 Å². The maximum atomic E-state index is 9.05. The molecule has 3 aromatic rings. The van der Waals surface area contributed by atoms with E-state index in [9.17, 15) is 0 Å². The number of rotatable bonds is 3. The molecule has 7 heteroatoms. The lowest BCUT2D eigenvalue weighted by Crippen LogP contribution is -2.18. The van der Waals surface area contributed by atoms with Crippen LogP contribution in [-0.4, -0.2) is 22.7 Å². The van der Waals surface area contributed by atoms with Crippen LogP contribution in [0.1, 0.15) is 28.5 Å². The van der Waals surface area contributed by atoms with Gasteiger partial charge in [-0.15, -0.1) is 11.3 Å². The summed E-state index contributed by atoms with van der Waals surface area (Å²) in [7, 11) is 1.92. The summed E-state index contributed by atoms with van der Waals surface area (Å²) in [6.45, 7) is 0.229. The molecule has 1 fully saturated rings. The lowest BCUT2D eigenvalue weighted by molar-refractivity contribution is 0.621. The summed E-state index contributed by atoms with van der Waals surface area (Å²) in [6.07, 6.45) is 7.99. The highest BCUT2D eigenvalue weighted by atomic mass is 32.1. The number of anilines is 1. The zero-order chi connectivity index (χ0) is 18.1. The number of hydrogen-bond donors (Lipinski definition) is 1. The zero-order valence-corrected chi connectivity index (χ0v) is 15.5. The van der Waals surface area contributed by atoms with Gasteiger partial charge in [-0.3, -0.25) is 9.67 Å². The van der Waals surface area contributed by atoms with Crippen LogP contribution in [0.15, 0.2) is 35.5 Å². The number of nitriles is 1. The molecule has 5 nitrogen and oxygen atoms in total. The fourth-order valence-electron chi connectivity index (χ4n) is 3.60. The first-order valence-electron chi connectivity index (χ1n) is 8.88. The van der Waals surface area contributed by atoms with E-state index in [0.29, 0.717) is 5.92 Å². The Hall–Kier alpha value is -2.59. The van der Waals surface area contributed by atoms with E-state index in [4.69, 9.17) is 11.0 Å². The molecule has 1 aliphatic rings. The fraction of sp³-hybridized carbons (Fsp3) is 0.316. The lowest BCUT2D eigenvalue weighted by atomic mass is 9.42. The van der Waals surface area contributed by atoms with Crippen LogP contribution in [0.3, 0.4) is 0 Å². The molecule has 0 atom stereocenters. The van der Waals surface area contributed by atoms with Crippen LogP contribution in [-0.2, 0) is 7.05 Å². The Kier molecular flexibility index (Phi) is 4.52. The van der Waals surface area contributed by atoms with Gasteiger partial charge in [-0.25, -0.2) is 5.26 Å². The molecular formula is C19H20BN5S. The first-order chi connectivity index (χ1) is 12.6. The summed E-state index contributed by atoms with van der Waals surface area (Å²) in [5, 5.41) is 14.5. The monoisotopic (exact) mass is 361 g/mol. The summed E-state index contributed by atoms with van der Waals surface area (Å²) in [5.74, 6) is 2.93. The minimum atomic E-state index is 0.229. The van der Waals surface area contributed by atoms with Crippen molar-refractivity contribution in [2.75, 3.05) is 5.73 Å². The number of aliphatic imine (C=N–C) groups is 1. The van der Waals surface area contributed by atoms with Gasteiger partial charge in [0.1, 0.15) is 0 Å². The third-order valence-corrected chi connectivity index (χ3v) is 6.30. The highest BCUT2D eigenvalue weighted by Crippen LogP contribution is 2.39. The SMILES string of the molecule is Cn1cc2cc(N=Cc3sc(C4CCB(C#N)CC4)cc3N)ccc2n1. The Morgan fingerprint density at radius 3 is 2.96 bits per heavy atom. The molecule has 4 rings (SSSR count). The number of thiophene rings is 1. The molecule has 0 bridgehead atoms. The molecule has 0 amide bonds. The summed E-state index contributed by atoms with van der Waals surface area (Å²) in [5.41, 5.74) is 8.87. The molecule has 0 radical (unpaired) electrons. The van der Waals surface area contributed by atoms with Crippen molar-refractivity contribution in [1.82, 2.24) is 9.78 Å². The fourth-order valence-corrected chi connectivity index (χ4v) is 4.72. The van der Waals surface area contributed by atoms with Gasteiger partial charge in [0.25, 0.3) is 6.71 Å². The summed E-state index contributed by atoms with van der Waals surface area (Å²) in [4.78, 5) is 6.94. The van der Waals surface area contributed by atoms with E-state index in [1.54, 1.807) is 11.3 Å². The van der Waals surface area contributed by atoms with Crippen molar-refractivity contribution in [3.63, 3.8) is 0 Å². The molecule has 2 N–H and O–H groups in total. The van der Waals surface area contributed by atoms with E-state index < -0.39 is 0 Å². The van der Waals surface area contributed by atoms with Crippen molar-refractivity contribution in [1.29, 1.82) is 5.26 Å². The predicted molar refractivity (Wildman–Crippen MR) is 110 cm³/mol. The number of nitrogen functional groups attached to an aromatic ring is 1. The quantitative estimate of drug-likeness (QED) is 0.554. The average molecular weight is 361 g/mol. The minimum absolute atomic E-state index is 0.229. The Morgan fingerprint density at radius 2 is 2.19 bits per heavy atom. The Morgan fingerprint density at radius 1 is 1.38 bits per heavy atom. The Labute approximate surface area is 157 Å². The minimum Gasteiger partial charge on any atom is -0.398 e. The molecular weight excluding hydrogens is 341 g/mol. The normalized spacial score (nSPS) is 15.8. The van der Waals surface area contributed by atoms with Crippen molar-refractivity contribution >= 4 is 46.5 Å². The van der Waals surface area contributed by atoms with Crippen molar-refractivity contribution in [3.8, 4) is 5.97 Å². The third kappa shape index (κ3) is 3.38. The molecule has 130 valence electrons. The molecule has 0 unspecified atom stereocenters. The van der Waals surface area contributed by atoms with Gasteiger partial charge in [0.2, 0.25) is 0 Å². The van der Waals surface area contributed by atoms with Gasteiger partial charge in [0, 0.05) is 35.7 Å². The smallest absolute Gasteiger partial charge is 0.267 e. The summed E-state index contributed by atoms with van der Waals surface area (Å²) >= 11 is 1.73. The molecule has 2 aromatic heterocycles. The second kappa shape index (κ2) is 6.97. The number of aryl methyl sites for hydroxylation is 1. The number of aromatic nitrogens is 2. The van der Waals surface area contributed by atoms with Crippen LogP contribution in [0.4, 0.5) is 11.4 Å². The van der Waals surface area contributed by atoms with E-state index in [0.717, 1.165) is 52.6 Å². The van der Waals surface area contributed by atoms with Crippen molar-refractivity contribution < 1.29 is 0 Å². The van der Waals surface area contributed by atoms with Gasteiger partial charge in [-0.05, 0) is 30.2 Å². The standard InChI is InChI=1S/C19H20BN5S/c1-25-11-14-8-15(2-3-17(14)24-25)23-10-19-16(22)9-18(26-19)13-4-6-20(12-21)7-5-13/h2-3,8-11,13H,4-7,22H2,1H3. The first kappa shape index (κ1) is 16.9. The van der Waals surface area contributed by atoms with Gasteiger partial charge in [-0.1, -0.05) is 25.5 Å². The molecule has 3 heterocycles. The van der Waals surface area contributed by atoms with Gasteiger partial charge >= 0.3 is 0 Å². The zero-order valence-electron chi connectivity index (χ0n) is 14.7.